The zero-order chi connectivity index (χ0) is 15.6. The lowest BCUT2D eigenvalue weighted by Crippen LogP contribution is -2.14. The number of hydrogen-bond acceptors (Lipinski definition) is 5. The minimum Gasteiger partial charge on any atom is -0.506 e. The van der Waals surface area contributed by atoms with E-state index < -0.39 is 10.0 Å². The number of nitrogen functional groups attached to an aromatic ring is 1. The first-order chi connectivity index (χ1) is 9.83. The maximum Gasteiger partial charge on any atom is 0.262 e. The first-order valence-corrected chi connectivity index (χ1v) is 7.78. The van der Waals surface area contributed by atoms with Gasteiger partial charge in [-0.3, -0.25) is 4.72 Å². The number of nitrogens with two attached hydrogens (primary N) is 1. The van der Waals surface area contributed by atoms with Crippen molar-refractivity contribution in [2.45, 2.75) is 4.90 Å². The van der Waals surface area contributed by atoms with Crippen LogP contribution in [0.5, 0.6) is 5.75 Å². The standard InChI is InChI=1S/C13H14ClN3O3S/c1-16-12-7-9(3-5-13(12)18)21(19,20)17-11-4-2-8(14)6-10(11)15/h2-7,16-18H,15H2,1H3. The number of nitrogens with one attached hydrogen (secondary N) is 2. The summed E-state index contributed by atoms with van der Waals surface area (Å²) in [5, 5.41) is 12.7. The Morgan fingerprint density at radius 2 is 1.86 bits per heavy atom. The molecule has 0 unspecified atom stereocenters. The third kappa shape index (κ3) is 3.32. The van der Waals surface area contributed by atoms with Gasteiger partial charge in [0.1, 0.15) is 5.75 Å². The lowest BCUT2D eigenvalue weighted by atomic mass is 10.3. The van der Waals surface area contributed by atoms with Crippen molar-refractivity contribution in [1.29, 1.82) is 0 Å². The van der Waals surface area contributed by atoms with Gasteiger partial charge in [0.15, 0.2) is 0 Å². The number of hydrogen-bond donors (Lipinski definition) is 4. The second-order valence-corrected chi connectivity index (χ2v) is 6.38. The van der Waals surface area contributed by atoms with Gasteiger partial charge in [0, 0.05) is 12.1 Å². The molecule has 0 heterocycles. The third-order valence-electron chi connectivity index (χ3n) is 2.81. The minimum absolute atomic E-state index is 0.000926. The van der Waals surface area contributed by atoms with Crippen LogP contribution in [0.25, 0.3) is 0 Å². The summed E-state index contributed by atoms with van der Waals surface area (Å²) in [6.45, 7) is 0. The number of phenols is 1. The average Bonchev–Trinajstić information content (AvgIpc) is 2.42. The van der Waals surface area contributed by atoms with Crippen LogP contribution in [-0.4, -0.2) is 20.6 Å². The average molecular weight is 328 g/mol. The zero-order valence-corrected chi connectivity index (χ0v) is 12.7. The molecule has 2 aromatic carbocycles. The Morgan fingerprint density at radius 3 is 2.48 bits per heavy atom. The number of sulfonamides is 1. The Hall–Kier alpha value is -2.12. The van der Waals surface area contributed by atoms with Gasteiger partial charge in [-0.15, -0.1) is 0 Å². The van der Waals surface area contributed by atoms with Crippen molar-refractivity contribution in [3.05, 3.63) is 41.4 Å². The molecule has 0 aliphatic rings. The Labute approximate surface area is 127 Å². The summed E-state index contributed by atoms with van der Waals surface area (Å²) in [6, 6.07) is 8.38. The molecule has 21 heavy (non-hydrogen) atoms. The van der Waals surface area contributed by atoms with Crippen LogP contribution in [0.4, 0.5) is 17.1 Å². The molecule has 0 amide bonds. The van der Waals surface area contributed by atoms with Crippen molar-refractivity contribution in [2.24, 2.45) is 0 Å². The molecule has 8 heteroatoms. The van der Waals surface area contributed by atoms with Crippen molar-refractivity contribution in [3.8, 4) is 5.75 Å². The van der Waals surface area contributed by atoms with Crippen LogP contribution in [0.3, 0.4) is 0 Å². The van der Waals surface area contributed by atoms with E-state index in [4.69, 9.17) is 17.3 Å². The molecular formula is C13H14ClN3O3S. The summed E-state index contributed by atoms with van der Waals surface area (Å²) in [5.74, 6) is -0.0394. The molecule has 0 aliphatic heterocycles. The van der Waals surface area contributed by atoms with Crippen molar-refractivity contribution < 1.29 is 13.5 Å². The van der Waals surface area contributed by atoms with Crippen LogP contribution in [-0.2, 0) is 10.0 Å². The Kier molecular flexibility index (Phi) is 4.15. The van der Waals surface area contributed by atoms with E-state index >= 15 is 0 Å². The number of phenolic OH excluding ortho intramolecular Hbond substituents is 1. The van der Waals surface area contributed by atoms with Gasteiger partial charge in [0.2, 0.25) is 0 Å². The smallest absolute Gasteiger partial charge is 0.262 e. The SMILES string of the molecule is CNc1cc(S(=O)(=O)Nc2ccc(Cl)cc2N)ccc1O. The Bertz CT molecular complexity index is 778. The molecule has 0 saturated heterocycles. The van der Waals surface area contributed by atoms with Crippen LogP contribution in [0.2, 0.25) is 5.02 Å². The Morgan fingerprint density at radius 1 is 1.14 bits per heavy atom. The summed E-state index contributed by atoms with van der Waals surface area (Å²) in [4.78, 5) is -0.000926. The van der Waals surface area contributed by atoms with Crippen molar-refractivity contribution in [2.75, 3.05) is 22.8 Å². The molecule has 112 valence electrons. The van der Waals surface area contributed by atoms with E-state index in [9.17, 15) is 13.5 Å². The van der Waals surface area contributed by atoms with E-state index in [1.54, 1.807) is 7.05 Å². The number of anilines is 3. The van der Waals surface area contributed by atoms with Crippen LogP contribution in [0, 0.1) is 0 Å². The maximum absolute atomic E-state index is 12.3. The first kappa shape index (κ1) is 15.3. The predicted molar refractivity (Wildman–Crippen MR) is 84.3 cm³/mol. The van der Waals surface area contributed by atoms with E-state index in [0.717, 1.165) is 0 Å². The monoisotopic (exact) mass is 327 g/mol. The number of halogens is 1. The molecule has 6 nitrogen and oxygen atoms in total. The van der Waals surface area contributed by atoms with Gasteiger partial charge in [0.25, 0.3) is 10.0 Å². The molecule has 0 radical (unpaired) electrons. The number of benzene rings is 2. The molecular weight excluding hydrogens is 314 g/mol. The fourth-order valence-corrected chi connectivity index (χ4v) is 3.01. The van der Waals surface area contributed by atoms with Crippen LogP contribution >= 0.6 is 11.6 Å². The molecule has 0 aliphatic carbocycles. The van der Waals surface area contributed by atoms with E-state index in [1.807, 2.05) is 0 Å². The normalized spacial score (nSPS) is 11.1. The van der Waals surface area contributed by atoms with Gasteiger partial charge in [-0.1, -0.05) is 11.6 Å². The summed E-state index contributed by atoms with van der Waals surface area (Å²) in [5.41, 5.74) is 6.49. The fraction of sp³-hybridized carbons (Fsp3) is 0.0769. The van der Waals surface area contributed by atoms with Gasteiger partial charge >= 0.3 is 0 Å². The minimum atomic E-state index is -3.82. The first-order valence-electron chi connectivity index (χ1n) is 5.92. The predicted octanol–water partition coefficient (Wildman–Crippen LogP) is 2.47. The molecule has 5 N–H and O–H groups in total. The molecule has 0 saturated carbocycles. The number of rotatable bonds is 4. The highest BCUT2D eigenvalue weighted by Gasteiger charge is 2.17. The van der Waals surface area contributed by atoms with E-state index in [1.165, 1.54) is 36.4 Å². The molecule has 0 spiro atoms. The summed E-state index contributed by atoms with van der Waals surface area (Å²) in [6.07, 6.45) is 0. The molecule has 0 fully saturated rings. The molecule has 0 aromatic heterocycles. The maximum atomic E-state index is 12.3. The molecule has 2 rings (SSSR count). The summed E-state index contributed by atoms with van der Waals surface area (Å²) >= 11 is 5.77. The Balaban J connectivity index is 2.38. The van der Waals surface area contributed by atoms with Gasteiger partial charge in [-0.25, -0.2) is 8.42 Å². The second-order valence-electron chi connectivity index (χ2n) is 4.27. The highest BCUT2D eigenvalue weighted by atomic mass is 35.5. The van der Waals surface area contributed by atoms with E-state index in [2.05, 4.69) is 10.0 Å². The van der Waals surface area contributed by atoms with Crippen LogP contribution < -0.4 is 15.8 Å². The number of aromatic hydroxyl groups is 1. The van der Waals surface area contributed by atoms with Gasteiger partial charge in [-0.05, 0) is 36.4 Å². The highest BCUT2D eigenvalue weighted by molar-refractivity contribution is 7.92. The second kappa shape index (κ2) is 5.71. The van der Waals surface area contributed by atoms with Crippen LogP contribution in [0.15, 0.2) is 41.3 Å². The third-order valence-corrected chi connectivity index (χ3v) is 4.40. The lowest BCUT2D eigenvalue weighted by Gasteiger charge is -2.12. The van der Waals surface area contributed by atoms with Gasteiger partial charge in [-0.2, -0.15) is 0 Å². The van der Waals surface area contributed by atoms with E-state index in [-0.39, 0.29) is 22.0 Å². The fourth-order valence-electron chi connectivity index (χ4n) is 1.71. The highest BCUT2D eigenvalue weighted by Crippen LogP contribution is 2.29. The van der Waals surface area contributed by atoms with Crippen molar-refractivity contribution >= 4 is 38.7 Å². The lowest BCUT2D eigenvalue weighted by molar-refractivity contribution is 0.477. The summed E-state index contributed by atoms with van der Waals surface area (Å²) < 4.78 is 27.0. The van der Waals surface area contributed by atoms with Crippen LogP contribution in [0.1, 0.15) is 0 Å². The van der Waals surface area contributed by atoms with Gasteiger partial charge < -0.3 is 16.2 Å². The molecule has 2 aromatic rings. The van der Waals surface area contributed by atoms with Crippen molar-refractivity contribution in [3.63, 3.8) is 0 Å². The quantitative estimate of drug-likeness (QED) is 0.510. The zero-order valence-electron chi connectivity index (χ0n) is 11.1. The topological polar surface area (TPSA) is 104 Å². The summed E-state index contributed by atoms with van der Waals surface area (Å²) in [7, 11) is -2.24. The molecule has 0 bridgehead atoms. The van der Waals surface area contributed by atoms with Crippen molar-refractivity contribution in [1.82, 2.24) is 0 Å². The molecule has 0 atom stereocenters. The van der Waals surface area contributed by atoms with Gasteiger partial charge in [0.05, 0.1) is 22.0 Å². The van der Waals surface area contributed by atoms with E-state index in [0.29, 0.717) is 10.7 Å². The largest absolute Gasteiger partial charge is 0.506 e.